The number of carbonyl (C=O) groups excluding carboxylic acids is 2. The minimum Gasteiger partial charge on any atom is -0.495 e. The second-order valence-electron chi connectivity index (χ2n) is 6.50. The topological polar surface area (TPSA) is 67.4 Å². The number of hydrogen-bond acceptors (Lipinski definition) is 3. The van der Waals surface area contributed by atoms with E-state index in [-0.39, 0.29) is 6.04 Å². The Labute approximate surface area is 157 Å². The van der Waals surface area contributed by atoms with Gasteiger partial charge in [-0.25, -0.2) is 0 Å². The Bertz CT molecular complexity index is 816. The third kappa shape index (κ3) is 4.35. The Balaban J connectivity index is 1.71. The Hall–Kier alpha value is -2.53. The van der Waals surface area contributed by atoms with Crippen molar-refractivity contribution >= 4 is 29.1 Å². The summed E-state index contributed by atoms with van der Waals surface area (Å²) in [4.78, 5) is 24.8. The molecule has 0 saturated heterocycles. The molecule has 0 aromatic heterocycles. The highest BCUT2D eigenvalue weighted by Gasteiger charge is 2.34. The van der Waals surface area contributed by atoms with Crippen LogP contribution in [0.4, 0.5) is 5.69 Å². The highest BCUT2D eigenvalue weighted by atomic mass is 35.5. The van der Waals surface area contributed by atoms with Crippen LogP contribution in [0, 0.1) is 12.8 Å². The van der Waals surface area contributed by atoms with Crippen molar-refractivity contribution in [1.82, 2.24) is 5.32 Å². The summed E-state index contributed by atoms with van der Waals surface area (Å²) >= 11 is 5.94. The summed E-state index contributed by atoms with van der Waals surface area (Å²) in [6.07, 6.45) is 2.06. The molecule has 136 valence electrons. The Morgan fingerprint density at radius 3 is 2.42 bits per heavy atom. The van der Waals surface area contributed by atoms with E-state index in [9.17, 15) is 9.59 Å². The molecule has 0 aliphatic heterocycles. The van der Waals surface area contributed by atoms with Crippen LogP contribution in [-0.4, -0.2) is 18.9 Å². The van der Waals surface area contributed by atoms with E-state index in [2.05, 4.69) is 10.6 Å². The van der Waals surface area contributed by atoms with Crippen LogP contribution in [0.15, 0.2) is 42.5 Å². The molecular weight excluding hydrogens is 352 g/mol. The zero-order valence-corrected chi connectivity index (χ0v) is 15.5. The lowest BCUT2D eigenvalue weighted by Gasteiger charge is -2.19. The number of benzene rings is 2. The monoisotopic (exact) mass is 372 g/mol. The number of carbonyl (C=O) groups is 2. The second kappa shape index (κ2) is 7.79. The maximum Gasteiger partial charge on any atom is 0.313 e. The zero-order valence-electron chi connectivity index (χ0n) is 14.7. The van der Waals surface area contributed by atoms with Crippen molar-refractivity contribution in [1.29, 1.82) is 0 Å². The zero-order chi connectivity index (χ0) is 18.7. The maximum atomic E-state index is 12.4. The quantitative estimate of drug-likeness (QED) is 0.783. The molecule has 6 heteroatoms. The molecule has 2 N–H and O–H groups in total. The van der Waals surface area contributed by atoms with Gasteiger partial charge in [-0.1, -0.05) is 29.8 Å². The highest BCUT2D eigenvalue weighted by molar-refractivity contribution is 6.39. The van der Waals surface area contributed by atoms with Crippen molar-refractivity contribution in [2.45, 2.75) is 25.8 Å². The molecule has 0 bridgehead atoms. The summed E-state index contributed by atoms with van der Waals surface area (Å²) in [6.45, 7) is 1.90. The number of ether oxygens (including phenoxy) is 1. The lowest BCUT2D eigenvalue weighted by Crippen LogP contribution is -2.38. The average molecular weight is 373 g/mol. The minimum atomic E-state index is -0.714. The van der Waals surface area contributed by atoms with Gasteiger partial charge in [0.2, 0.25) is 0 Å². The van der Waals surface area contributed by atoms with Crippen molar-refractivity contribution in [3.05, 3.63) is 58.6 Å². The average Bonchev–Trinajstić information content (AvgIpc) is 3.45. The van der Waals surface area contributed by atoms with Crippen molar-refractivity contribution < 1.29 is 14.3 Å². The van der Waals surface area contributed by atoms with Crippen LogP contribution in [0.2, 0.25) is 5.02 Å². The summed E-state index contributed by atoms with van der Waals surface area (Å²) in [5.41, 5.74) is 2.38. The van der Waals surface area contributed by atoms with Crippen molar-refractivity contribution in [2.24, 2.45) is 5.92 Å². The third-order valence-corrected chi connectivity index (χ3v) is 4.67. The molecule has 2 aromatic rings. The van der Waals surface area contributed by atoms with Crippen LogP contribution in [-0.2, 0) is 9.59 Å². The third-order valence-electron chi connectivity index (χ3n) is 4.42. The molecule has 1 aliphatic carbocycles. The Morgan fingerprint density at radius 2 is 1.81 bits per heavy atom. The van der Waals surface area contributed by atoms with Gasteiger partial charge in [0, 0.05) is 5.02 Å². The number of anilines is 1. The van der Waals surface area contributed by atoms with Gasteiger partial charge in [0.05, 0.1) is 18.8 Å². The molecular formula is C20H21ClN2O3. The van der Waals surface area contributed by atoms with Gasteiger partial charge >= 0.3 is 11.8 Å². The molecule has 2 aromatic carbocycles. The molecule has 1 unspecified atom stereocenters. The van der Waals surface area contributed by atoms with Crippen LogP contribution in [0.3, 0.4) is 0 Å². The van der Waals surface area contributed by atoms with E-state index in [0.29, 0.717) is 22.4 Å². The van der Waals surface area contributed by atoms with E-state index in [1.54, 1.807) is 24.3 Å². The number of halogens is 1. The predicted molar refractivity (Wildman–Crippen MR) is 101 cm³/mol. The number of hydrogen-bond donors (Lipinski definition) is 2. The van der Waals surface area contributed by atoms with Crippen LogP contribution in [0.1, 0.15) is 30.0 Å². The van der Waals surface area contributed by atoms with E-state index >= 15 is 0 Å². The highest BCUT2D eigenvalue weighted by Crippen LogP contribution is 2.41. The van der Waals surface area contributed by atoms with Crippen LogP contribution in [0.5, 0.6) is 5.75 Å². The SMILES string of the molecule is COc1ccc(C)cc1NC(=O)C(=O)NC(c1ccc(Cl)cc1)C1CC1. The maximum absolute atomic E-state index is 12.4. The normalized spacial score (nSPS) is 14.4. The van der Waals surface area contributed by atoms with Crippen LogP contribution >= 0.6 is 11.6 Å². The first kappa shape index (κ1) is 18.3. The Morgan fingerprint density at radius 1 is 1.12 bits per heavy atom. The van der Waals surface area contributed by atoms with Crippen molar-refractivity contribution in [2.75, 3.05) is 12.4 Å². The molecule has 0 spiro atoms. The molecule has 1 atom stereocenters. The van der Waals surface area contributed by atoms with E-state index in [1.165, 1.54) is 7.11 Å². The van der Waals surface area contributed by atoms with E-state index in [1.807, 2.05) is 25.1 Å². The number of amides is 2. The first-order valence-electron chi connectivity index (χ1n) is 8.50. The first-order valence-corrected chi connectivity index (χ1v) is 8.87. The van der Waals surface area contributed by atoms with E-state index in [0.717, 1.165) is 24.0 Å². The molecule has 2 amide bonds. The van der Waals surface area contributed by atoms with Gasteiger partial charge in [-0.2, -0.15) is 0 Å². The lowest BCUT2D eigenvalue weighted by molar-refractivity contribution is -0.136. The van der Waals surface area contributed by atoms with Crippen molar-refractivity contribution in [3.63, 3.8) is 0 Å². The van der Waals surface area contributed by atoms with E-state index in [4.69, 9.17) is 16.3 Å². The Kier molecular flexibility index (Phi) is 5.47. The lowest BCUT2D eigenvalue weighted by atomic mass is 10.0. The summed E-state index contributed by atoms with van der Waals surface area (Å²) < 4.78 is 5.23. The summed E-state index contributed by atoms with van der Waals surface area (Å²) in [5, 5.41) is 6.12. The van der Waals surface area contributed by atoms with Gasteiger partial charge in [0.1, 0.15) is 5.75 Å². The fraction of sp³-hybridized carbons (Fsp3) is 0.300. The number of methoxy groups -OCH3 is 1. The van der Waals surface area contributed by atoms with Gasteiger partial charge in [-0.15, -0.1) is 0 Å². The largest absolute Gasteiger partial charge is 0.495 e. The summed E-state index contributed by atoms with van der Waals surface area (Å²) in [6, 6.07) is 12.5. The number of nitrogens with one attached hydrogen (secondary N) is 2. The predicted octanol–water partition coefficient (Wildman–Crippen LogP) is 3.86. The molecule has 1 fully saturated rings. The molecule has 1 saturated carbocycles. The van der Waals surface area contributed by atoms with Gasteiger partial charge in [0.15, 0.2) is 0 Å². The second-order valence-corrected chi connectivity index (χ2v) is 6.93. The van der Waals surface area contributed by atoms with Gasteiger partial charge < -0.3 is 15.4 Å². The van der Waals surface area contributed by atoms with Gasteiger partial charge in [-0.3, -0.25) is 9.59 Å². The van der Waals surface area contributed by atoms with Crippen LogP contribution < -0.4 is 15.4 Å². The number of rotatable bonds is 5. The van der Waals surface area contributed by atoms with Gasteiger partial charge in [0.25, 0.3) is 0 Å². The summed E-state index contributed by atoms with van der Waals surface area (Å²) in [5.74, 6) is -0.524. The molecule has 0 radical (unpaired) electrons. The molecule has 3 rings (SSSR count). The van der Waals surface area contributed by atoms with Crippen molar-refractivity contribution in [3.8, 4) is 5.75 Å². The minimum absolute atomic E-state index is 0.190. The molecule has 1 aliphatic rings. The molecule has 5 nitrogen and oxygen atoms in total. The van der Waals surface area contributed by atoms with Crippen LogP contribution in [0.25, 0.3) is 0 Å². The standard InChI is InChI=1S/C20H21ClN2O3/c1-12-3-10-17(26-2)16(11-12)22-19(24)20(25)23-18(13-4-5-13)14-6-8-15(21)9-7-14/h3,6-11,13,18H,4-5H2,1-2H3,(H,22,24)(H,23,25). The molecule has 0 heterocycles. The first-order chi connectivity index (χ1) is 12.5. The fourth-order valence-electron chi connectivity index (χ4n) is 2.88. The fourth-order valence-corrected chi connectivity index (χ4v) is 3.00. The van der Waals surface area contributed by atoms with Gasteiger partial charge in [-0.05, 0) is 61.1 Å². The smallest absolute Gasteiger partial charge is 0.313 e. The molecule has 26 heavy (non-hydrogen) atoms. The van der Waals surface area contributed by atoms with E-state index < -0.39 is 11.8 Å². The summed E-state index contributed by atoms with van der Waals surface area (Å²) in [7, 11) is 1.52. The number of aryl methyl sites for hydroxylation is 1.